The zero-order chi connectivity index (χ0) is 12.1. The summed E-state index contributed by atoms with van der Waals surface area (Å²) in [5, 5.41) is 3.52. The summed E-state index contributed by atoms with van der Waals surface area (Å²) in [5.74, 6) is 0. The average molecular weight is 298 g/mol. The van der Waals surface area contributed by atoms with E-state index < -0.39 is 0 Å². The van der Waals surface area contributed by atoms with Gasteiger partial charge in [-0.2, -0.15) is 0 Å². The van der Waals surface area contributed by atoms with Crippen LogP contribution >= 0.6 is 15.9 Å². The molecule has 2 heterocycles. The monoisotopic (exact) mass is 297 g/mol. The largest absolute Gasteiger partial charge is 0.472 e. The van der Waals surface area contributed by atoms with Crippen LogP contribution in [0.25, 0.3) is 0 Å². The summed E-state index contributed by atoms with van der Waals surface area (Å²) in [7, 11) is 0. The molecular formula is C13H16BrNO2. The molecule has 4 heteroatoms. The van der Waals surface area contributed by atoms with Crippen molar-refractivity contribution in [1.29, 1.82) is 0 Å². The molecule has 0 bridgehead atoms. The van der Waals surface area contributed by atoms with Gasteiger partial charge >= 0.3 is 0 Å². The van der Waals surface area contributed by atoms with Crippen LogP contribution in [0, 0.1) is 0 Å². The molecule has 2 rings (SSSR count). The molecule has 0 aliphatic carbocycles. The highest BCUT2D eigenvalue weighted by molar-refractivity contribution is 9.10. The first kappa shape index (κ1) is 12.5. The lowest BCUT2D eigenvalue weighted by molar-refractivity contribution is 0.495. The molecule has 0 amide bonds. The SMILES string of the molecule is CCCNC(Cc1ccoc1)c1ccoc1Br. The van der Waals surface area contributed by atoms with Crippen LogP contribution in [-0.4, -0.2) is 6.54 Å². The van der Waals surface area contributed by atoms with Gasteiger partial charge in [0.05, 0.1) is 18.8 Å². The first-order chi connectivity index (χ1) is 8.31. The predicted molar refractivity (Wildman–Crippen MR) is 69.9 cm³/mol. The summed E-state index contributed by atoms with van der Waals surface area (Å²) < 4.78 is 11.2. The number of hydrogen-bond acceptors (Lipinski definition) is 3. The minimum absolute atomic E-state index is 0.251. The van der Waals surface area contributed by atoms with Crippen LogP contribution in [-0.2, 0) is 6.42 Å². The van der Waals surface area contributed by atoms with E-state index in [1.807, 2.05) is 12.1 Å². The molecule has 0 fully saturated rings. The third-order valence-electron chi connectivity index (χ3n) is 2.68. The Bertz CT molecular complexity index is 436. The molecule has 1 atom stereocenters. The molecule has 0 spiro atoms. The van der Waals surface area contributed by atoms with E-state index >= 15 is 0 Å². The zero-order valence-corrected chi connectivity index (χ0v) is 11.4. The summed E-state index contributed by atoms with van der Waals surface area (Å²) in [6.45, 7) is 3.15. The molecule has 17 heavy (non-hydrogen) atoms. The van der Waals surface area contributed by atoms with Gasteiger partial charge in [0.2, 0.25) is 0 Å². The van der Waals surface area contributed by atoms with Crippen molar-refractivity contribution < 1.29 is 8.83 Å². The van der Waals surface area contributed by atoms with E-state index in [2.05, 4.69) is 28.2 Å². The maximum Gasteiger partial charge on any atom is 0.173 e. The van der Waals surface area contributed by atoms with Gasteiger partial charge in [-0.3, -0.25) is 0 Å². The third kappa shape index (κ3) is 3.23. The lowest BCUT2D eigenvalue weighted by Crippen LogP contribution is -2.23. The van der Waals surface area contributed by atoms with Crippen LogP contribution in [0.15, 0.2) is 44.4 Å². The molecule has 0 aliphatic rings. The Morgan fingerprint density at radius 3 is 2.82 bits per heavy atom. The van der Waals surface area contributed by atoms with E-state index in [-0.39, 0.29) is 6.04 Å². The van der Waals surface area contributed by atoms with Crippen molar-refractivity contribution in [2.45, 2.75) is 25.8 Å². The second-order valence-electron chi connectivity index (χ2n) is 3.99. The molecule has 0 aliphatic heterocycles. The van der Waals surface area contributed by atoms with Crippen molar-refractivity contribution in [2.24, 2.45) is 0 Å². The quantitative estimate of drug-likeness (QED) is 0.878. The molecule has 0 aromatic carbocycles. The molecule has 1 unspecified atom stereocenters. The molecule has 1 N–H and O–H groups in total. The molecule has 2 aromatic rings. The van der Waals surface area contributed by atoms with E-state index in [4.69, 9.17) is 8.83 Å². The van der Waals surface area contributed by atoms with Gasteiger partial charge < -0.3 is 14.2 Å². The van der Waals surface area contributed by atoms with E-state index in [0.29, 0.717) is 0 Å². The highest BCUT2D eigenvalue weighted by Crippen LogP contribution is 2.27. The molecule has 2 aromatic heterocycles. The van der Waals surface area contributed by atoms with Crippen molar-refractivity contribution in [2.75, 3.05) is 6.54 Å². The summed E-state index contributed by atoms with van der Waals surface area (Å²) >= 11 is 3.43. The van der Waals surface area contributed by atoms with Gasteiger partial charge in [-0.15, -0.1) is 0 Å². The highest BCUT2D eigenvalue weighted by atomic mass is 79.9. The Hall–Kier alpha value is -1.00. The van der Waals surface area contributed by atoms with Gasteiger partial charge in [0.1, 0.15) is 0 Å². The number of halogens is 1. The predicted octanol–water partition coefficient (Wildman–Crippen LogP) is 3.92. The molecule has 3 nitrogen and oxygen atoms in total. The van der Waals surface area contributed by atoms with Crippen LogP contribution in [0.1, 0.15) is 30.5 Å². The molecular weight excluding hydrogens is 282 g/mol. The standard InChI is InChI=1S/C13H16BrNO2/c1-2-5-15-12(8-10-3-6-16-9-10)11-4-7-17-13(11)14/h3-4,6-7,9,12,15H,2,5,8H2,1H3. The number of furan rings is 2. The number of hydrogen-bond donors (Lipinski definition) is 1. The maximum atomic E-state index is 5.30. The Balaban J connectivity index is 2.11. The van der Waals surface area contributed by atoms with Crippen molar-refractivity contribution in [3.8, 4) is 0 Å². The van der Waals surface area contributed by atoms with Gasteiger partial charge in [0, 0.05) is 11.6 Å². The van der Waals surface area contributed by atoms with Crippen LogP contribution in [0.4, 0.5) is 0 Å². The van der Waals surface area contributed by atoms with Gasteiger partial charge in [0.15, 0.2) is 4.67 Å². The van der Waals surface area contributed by atoms with Gasteiger partial charge in [-0.05, 0) is 53.0 Å². The normalized spacial score (nSPS) is 12.8. The first-order valence-electron chi connectivity index (χ1n) is 5.78. The zero-order valence-electron chi connectivity index (χ0n) is 9.78. The summed E-state index contributed by atoms with van der Waals surface area (Å²) in [5.41, 5.74) is 2.34. The van der Waals surface area contributed by atoms with Crippen LogP contribution < -0.4 is 5.32 Å². The van der Waals surface area contributed by atoms with Crippen LogP contribution in [0.3, 0.4) is 0 Å². The smallest absolute Gasteiger partial charge is 0.173 e. The molecule has 0 saturated heterocycles. The van der Waals surface area contributed by atoms with Gasteiger partial charge in [0.25, 0.3) is 0 Å². The average Bonchev–Trinajstić information content (AvgIpc) is 2.95. The Morgan fingerprint density at radius 2 is 2.24 bits per heavy atom. The minimum atomic E-state index is 0.251. The van der Waals surface area contributed by atoms with E-state index in [1.165, 1.54) is 5.56 Å². The lowest BCUT2D eigenvalue weighted by atomic mass is 10.0. The molecule has 92 valence electrons. The van der Waals surface area contributed by atoms with Crippen LogP contribution in [0.5, 0.6) is 0 Å². The van der Waals surface area contributed by atoms with Crippen LogP contribution in [0.2, 0.25) is 0 Å². The van der Waals surface area contributed by atoms with Gasteiger partial charge in [-0.1, -0.05) is 6.92 Å². The second-order valence-corrected chi connectivity index (χ2v) is 4.71. The Morgan fingerprint density at radius 1 is 1.35 bits per heavy atom. The second kappa shape index (κ2) is 6.07. The van der Waals surface area contributed by atoms with Gasteiger partial charge in [-0.25, -0.2) is 0 Å². The minimum Gasteiger partial charge on any atom is -0.472 e. The fourth-order valence-corrected chi connectivity index (χ4v) is 2.33. The number of nitrogens with one attached hydrogen (secondary N) is 1. The fraction of sp³-hybridized carbons (Fsp3) is 0.385. The van der Waals surface area contributed by atoms with E-state index in [9.17, 15) is 0 Å². The topological polar surface area (TPSA) is 38.3 Å². The van der Waals surface area contributed by atoms with E-state index in [1.54, 1.807) is 18.8 Å². The van der Waals surface area contributed by atoms with Crippen molar-refractivity contribution in [3.05, 3.63) is 46.7 Å². The maximum absolute atomic E-state index is 5.30. The molecule has 0 saturated carbocycles. The van der Waals surface area contributed by atoms with Crippen molar-refractivity contribution >= 4 is 15.9 Å². The van der Waals surface area contributed by atoms with E-state index in [0.717, 1.165) is 29.6 Å². The Labute approximate surface area is 109 Å². The fourth-order valence-electron chi connectivity index (χ4n) is 1.81. The van der Waals surface area contributed by atoms with Crippen molar-refractivity contribution in [1.82, 2.24) is 5.32 Å². The summed E-state index contributed by atoms with van der Waals surface area (Å²) in [6.07, 6.45) is 7.20. The lowest BCUT2D eigenvalue weighted by Gasteiger charge is -2.16. The summed E-state index contributed by atoms with van der Waals surface area (Å²) in [4.78, 5) is 0. The number of rotatable bonds is 6. The van der Waals surface area contributed by atoms with Crippen molar-refractivity contribution in [3.63, 3.8) is 0 Å². The summed E-state index contributed by atoms with van der Waals surface area (Å²) in [6, 6.07) is 4.24. The molecule has 0 radical (unpaired) electrons. The Kier molecular flexibility index (Phi) is 4.45. The first-order valence-corrected chi connectivity index (χ1v) is 6.58. The highest BCUT2D eigenvalue weighted by Gasteiger charge is 2.16. The third-order valence-corrected chi connectivity index (χ3v) is 3.33.